The van der Waals surface area contributed by atoms with Crippen LogP contribution >= 0.6 is 0 Å². The van der Waals surface area contributed by atoms with Gasteiger partial charge in [0, 0.05) is 26.6 Å². The third-order valence-electron chi connectivity index (χ3n) is 3.12. The summed E-state index contributed by atoms with van der Waals surface area (Å²) in [4.78, 5) is 15.2. The van der Waals surface area contributed by atoms with Gasteiger partial charge >= 0.3 is 12.1 Å². The number of nitrogens with zero attached hydrogens (tertiary/aromatic N) is 1. The highest BCUT2D eigenvalue weighted by atomic mass is 19.4. The molecule has 0 heterocycles. The second-order valence-electron chi connectivity index (χ2n) is 4.96. The number of hydrogen-bond acceptors (Lipinski definition) is 3. The van der Waals surface area contributed by atoms with Gasteiger partial charge < -0.3 is 15.4 Å². The van der Waals surface area contributed by atoms with E-state index in [2.05, 4.69) is 15.6 Å². The van der Waals surface area contributed by atoms with Crippen LogP contribution in [0.4, 0.5) is 13.2 Å². The molecule has 2 N–H and O–H groups in total. The van der Waals surface area contributed by atoms with Crippen molar-refractivity contribution in [1.29, 1.82) is 0 Å². The van der Waals surface area contributed by atoms with Crippen molar-refractivity contribution in [3.8, 4) is 0 Å². The number of esters is 1. The Balaban J connectivity index is 2.35. The lowest BCUT2D eigenvalue weighted by Gasteiger charge is -2.12. The van der Waals surface area contributed by atoms with Gasteiger partial charge in [0.1, 0.15) is 0 Å². The van der Waals surface area contributed by atoms with Gasteiger partial charge in [0.25, 0.3) is 0 Å². The molecule has 0 aliphatic rings. The van der Waals surface area contributed by atoms with E-state index in [1.165, 1.54) is 12.1 Å². The lowest BCUT2D eigenvalue weighted by Crippen LogP contribution is -2.37. The van der Waals surface area contributed by atoms with Crippen LogP contribution in [0.5, 0.6) is 0 Å². The molecule has 1 aromatic rings. The largest absolute Gasteiger partial charge is 0.466 e. The Morgan fingerprint density at radius 1 is 1.21 bits per heavy atom. The van der Waals surface area contributed by atoms with Gasteiger partial charge in [-0.25, -0.2) is 0 Å². The van der Waals surface area contributed by atoms with E-state index in [1.54, 1.807) is 14.0 Å². The average Bonchev–Trinajstić information content (AvgIpc) is 2.54. The smallest absolute Gasteiger partial charge is 0.416 e. The standard InChI is InChI=1S/C16H22F3N3O2/c1-3-24-14(23)5-4-10-21-15(20-2)22-11-12-6-8-13(9-7-12)16(17,18)19/h6-9H,3-5,10-11H2,1-2H3,(H2,20,21,22). The average molecular weight is 345 g/mol. The number of ether oxygens (including phenoxy) is 1. The van der Waals surface area contributed by atoms with Crippen molar-refractivity contribution in [3.63, 3.8) is 0 Å². The van der Waals surface area contributed by atoms with E-state index in [9.17, 15) is 18.0 Å². The number of benzene rings is 1. The number of alkyl halides is 3. The first-order valence-electron chi connectivity index (χ1n) is 7.63. The lowest BCUT2D eigenvalue weighted by atomic mass is 10.1. The maximum Gasteiger partial charge on any atom is 0.416 e. The summed E-state index contributed by atoms with van der Waals surface area (Å²) < 4.78 is 42.3. The van der Waals surface area contributed by atoms with Gasteiger partial charge in [-0.05, 0) is 31.0 Å². The minimum atomic E-state index is -4.33. The molecule has 1 rings (SSSR count). The number of carbonyl (C=O) groups excluding carboxylic acids is 1. The normalized spacial score (nSPS) is 12.0. The second kappa shape index (κ2) is 9.79. The minimum Gasteiger partial charge on any atom is -0.466 e. The molecule has 134 valence electrons. The molecule has 0 aliphatic heterocycles. The Bertz CT molecular complexity index is 542. The molecule has 0 saturated heterocycles. The van der Waals surface area contributed by atoms with Gasteiger partial charge in [0.15, 0.2) is 5.96 Å². The van der Waals surface area contributed by atoms with E-state index in [0.717, 1.165) is 12.1 Å². The summed E-state index contributed by atoms with van der Waals surface area (Å²) >= 11 is 0. The molecule has 0 radical (unpaired) electrons. The van der Waals surface area contributed by atoms with Crippen molar-refractivity contribution >= 4 is 11.9 Å². The van der Waals surface area contributed by atoms with Crippen LogP contribution in [-0.4, -0.2) is 32.1 Å². The van der Waals surface area contributed by atoms with Gasteiger partial charge in [-0.3, -0.25) is 9.79 Å². The summed E-state index contributed by atoms with van der Waals surface area (Å²) in [5, 5.41) is 6.02. The van der Waals surface area contributed by atoms with Crippen molar-refractivity contribution in [2.75, 3.05) is 20.2 Å². The van der Waals surface area contributed by atoms with Gasteiger partial charge in [0.05, 0.1) is 12.2 Å². The third-order valence-corrected chi connectivity index (χ3v) is 3.12. The number of nitrogens with one attached hydrogen (secondary N) is 2. The highest BCUT2D eigenvalue weighted by Crippen LogP contribution is 2.28. The van der Waals surface area contributed by atoms with E-state index >= 15 is 0 Å². The zero-order chi connectivity index (χ0) is 18.0. The SMILES string of the molecule is CCOC(=O)CCCNC(=NC)NCc1ccc(C(F)(F)F)cc1. The summed E-state index contributed by atoms with van der Waals surface area (Å²) in [6.45, 7) is 2.99. The highest BCUT2D eigenvalue weighted by molar-refractivity contribution is 5.79. The number of carbonyl (C=O) groups is 1. The molecule has 0 unspecified atom stereocenters. The van der Waals surface area contributed by atoms with Crippen LogP contribution in [0, 0.1) is 0 Å². The molecule has 0 amide bonds. The van der Waals surface area contributed by atoms with Crippen molar-refractivity contribution < 1.29 is 22.7 Å². The van der Waals surface area contributed by atoms with Crippen molar-refractivity contribution in [2.45, 2.75) is 32.5 Å². The zero-order valence-electron chi connectivity index (χ0n) is 13.7. The van der Waals surface area contributed by atoms with Crippen LogP contribution in [0.2, 0.25) is 0 Å². The molecule has 5 nitrogen and oxygen atoms in total. The van der Waals surface area contributed by atoms with E-state index in [4.69, 9.17) is 4.74 Å². The van der Waals surface area contributed by atoms with Gasteiger partial charge in [-0.15, -0.1) is 0 Å². The molecule has 0 spiro atoms. The molecule has 0 aromatic heterocycles. The summed E-state index contributed by atoms with van der Waals surface area (Å²) in [5.41, 5.74) is 0.0326. The zero-order valence-corrected chi connectivity index (χ0v) is 13.7. The molecule has 0 bridgehead atoms. The fourth-order valence-electron chi connectivity index (χ4n) is 1.89. The first kappa shape index (κ1) is 19.8. The fourth-order valence-corrected chi connectivity index (χ4v) is 1.89. The van der Waals surface area contributed by atoms with Gasteiger partial charge in [-0.2, -0.15) is 13.2 Å². The Labute approximate surface area is 139 Å². The Kier molecular flexibility index (Phi) is 8.08. The van der Waals surface area contributed by atoms with Crippen LogP contribution < -0.4 is 10.6 Å². The number of rotatable bonds is 7. The van der Waals surface area contributed by atoms with Gasteiger partial charge in [0.2, 0.25) is 0 Å². The van der Waals surface area contributed by atoms with E-state index < -0.39 is 11.7 Å². The number of hydrogen-bond donors (Lipinski definition) is 2. The third kappa shape index (κ3) is 7.34. The van der Waals surface area contributed by atoms with Crippen LogP contribution in [0.25, 0.3) is 0 Å². The molecule has 0 fully saturated rings. The van der Waals surface area contributed by atoms with Crippen LogP contribution in [0.3, 0.4) is 0 Å². The van der Waals surface area contributed by atoms with Crippen LogP contribution in [0.15, 0.2) is 29.3 Å². The molecule has 0 aliphatic carbocycles. The predicted molar refractivity (Wildman–Crippen MR) is 85.5 cm³/mol. The summed E-state index contributed by atoms with van der Waals surface area (Å²) in [7, 11) is 1.59. The van der Waals surface area contributed by atoms with E-state index in [0.29, 0.717) is 44.1 Å². The molecule has 8 heteroatoms. The molecular weight excluding hydrogens is 323 g/mol. The van der Waals surface area contributed by atoms with E-state index in [1.807, 2.05) is 0 Å². The van der Waals surface area contributed by atoms with Crippen molar-refractivity contribution in [2.24, 2.45) is 4.99 Å². The first-order valence-corrected chi connectivity index (χ1v) is 7.63. The quantitative estimate of drug-likeness (QED) is 0.345. The molecule has 0 saturated carbocycles. The first-order chi connectivity index (χ1) is 11.4. The van der Waals surface area contributed by atoms with Crippen molar-refractivity contribution in [1.82, 2.24) is 10.6 Å². The monoisotopic (exact) mass is 345 g/mol. The Hall–Kier alpha value is -2.25. The summed E-state index contributed by atoms with van der Waals surface area (Å²) in [5.74, 6) is 0.269. The van der Waals surface area contributed by atoms with Crippen LogP contribution in [0.1, 0.15) is 30.9 Å². The van der Waals surface area contributed by atoms with Crippen molar-refractivity contribution in [3.05, 3.63) is 35.4 Å². The topological polar surface area (TPSA) is 62.7 Å². The molecule has 0 atom stereocenters. The maximum atomic E-state index is 12.5. The Morgan fingerprint density at radius 3 is 2.42 bits per heavy atom. The summed E-state index contributed by atoms with van der Waals surface area (Å²) in [6.07, 6.45) is -3.42. The number of aliphatic imine (C=N–C) groups is 1. The molecular formula is C16H22F3N3O2. The predicted octanol–water partition coefficient (Wildman–Crippen LogP) is 2.71. The van der Waals surface area contributed by atoms with Crippen LogP contribution in [-0.2, 0) is 22.3 Å². The summed E-state index contributed by atoms with van der Waals surface area (Å²) in [6, 6.07) is 4.94. The Morgan fingerprint density at radius 2 is 1.88 bits per heavy atom. The lowest BCUT2D eigenvalue weighted by molar-refractivity contribution is -0.143. The highest BCUT2D eigenvalue weighted by Gasteiger charge is 2.29. The number of halogens is 3. The van der Waals surface area contributed by atoms with E-state index in [-0.39, 0.29) is 5.97 Å². The minimum absolute atomic E-state index is 0.244. The second-order valence-corrected chi connectivity index (χ2v) is 4.96. The fraction of sp³-hybridized carbons (Fsp3) is 0.500. The maximum absolute atomic E-state index is 12.5. The molecule has 24 heavy (non-hydrogen) atoms. The number of guanidine groups is 1. The molecule has 1 aromatic carbocycles. The van der Waals surface area contributed by atoms with Gasteiger partial charge in [-0.1, -0.05) is 12.1 Å².